The van der Waals surface area contributed by atoms with Crippen molar-refractivity contribution in [1.82, 2.24) is 5.01 Å². The maximum absolute atomic E-state index is 2.26. The third kappa shape index (κ3) is 1.19. The number of hydrazine groups is 1. The van der Waals surface area contributed by atoms with Crippen molar-refractivity contribution in [2.75, 3.05) is 25.0 Å². The second-order valence-electron chi connectivity index (χ2n) is 2.99. The molecule has 0 bridgehead atoms. The van der Waals surface area contributed by atoms with Gasteiger partial charge in [0.1, 0.15) is 0 Å². The van der Waals surface area contributed by atoms with Crippen molar-refractivity contribution in [2.24, 2.45) is 0 Å². The Bertz CT molecular complexity index is 286. The number of para-hydroxylation sites is 1. The Morgan fingerprint density at radius 3 is 2.83 bits per heavy atom. The lowest BCUT2D eigenvalue weighted by Crippen LogP contribution is -2.34. The highest BCUT2D eigenvalue weighted by molar-refractivity contribution is 7.99. The summed E-state index contributed by atoms with van der Waals surface area (Å²) in [4.78, 5) is 1.38. The summed E-state index contributed by atoms with van der Waals surface area (Å²) in [5.41, 5.74) is 1.33. The number of rotatable bonds is 1. The average molecular weight is 180 g/mol. The van der Waals surface area contributed by atoms with Gasteiger partial charge in [0, 0.05) is 19.0 Å². The number of hydrogen-bond acceptors (Lipinski definition) is 3. The lowest BCUT2D eigenvalue weighted by Gasteiger charge is -2.25. The summed E-state index contributed by atoms with van der Waals surface area (Å²) in [6, 6.07) is 8.50. The number of fused-ring (bicyclic) bond motifs is 1. The van der Waals surface area contributed by atoms with Crippen molar-refractivity contribution in [3.05, 3.63) is 24.3 Å². The van der Waals surface area contributed by atoms with Gasteiger partial charge >= 0.3 is 0 Å². The summed E-state index contributed by atoms with van der Waals surface area (Å²) in [5.74, 6) is 1.03. The largest absolute Gasteiger partial charge is 0.295 e. The summed E-state index contributed by atoms with van der Waals surface area (Å²) in [6.07, 6.45) is 0. The van der Waals surface area contributed by atoms with E-state index in [0.29, 0.717) is 0 Å². The Kier molecular flexibility index (Phi) is 1.98. The highest BCUT2D eigenvalue weighted by Gasteiger charge is 2.19. The molecule has 0 saturated heterocycles. The van der Waals surface area contributed by atoms with Gasteiger partial charge in [-0.3, -0.25) is 5.01 Å². The topological polar surface area (TPSA) is 6.48 Å². The van der Waals surface area contributed by atoms with Gasteiger partial charge in [-0.2, -0.15) is 0 Å². The molecule has 2 nitrogen and oxygen atoms in total. The van der Waals surface area contributed by atoms with Crippen molar-refractivity contribution in [2.45, 2.75) is 4.90 Å². The maximum atomic E-state index is 2.26. The monoisotopic (exact) mass is 180 g/mol. The molecule has 0 spiro atoms. The molecule has 0 radical (unpaired) electrons. The summed E-state index contributed by atoms with van der Waals surface area (Å²) >= 11 is 1.89. The van der Waals surface area contributed by atoms with Crippen LogP contribution in [0.15, 0.2) is 29.2 Å². The molecule has 64 valence electrons. The standard InChI is InChI=1S/C9H12N2S/c1-10(2)11-7-12-9-6-4-3-5-8(9)11/h3-6H,7H2,1-2H3. The zero-order valence-corrected chi connectivity index (χ0v) is 8.14. The van der Waals surface area contributed by atoms with E-state index in [2.05, 4.69) is 48.4 Å². The van der Waals surface area contributed by atoms with Crippen LogP contribution in [0.1, 0.15) is 0 Å². The van der Waals surface area contributed by atoms with Crippen LogP contribution in [0.3, 0.4) is 0 Å². The van der Waals surface area contributed by atoms with Gasteiger partial charge in [0.05, 0.1) is 11.6 Å². The van der Waals surface area contributed by atoms with Crippen molar-refractivity contribution in [3.8, 4) is 0 Å². The van der Waals surface area contributed by atoms with Crippen LogP contribution in [0.25, 0.3) is 0 Å². The molecule has 1 aliphatic heterocycles. The lowest BCUT2D eigenvalue weighted by atomic mass is 10.3. The first-order valence-corrected chi connectivity index (χ1v) is 4.94. The predicted molar refractivity (Wildman–Crippen MR) is 53.3 cm³/mol. The minimum Gasteiger partial charge on any atom is -0.295 e. The highest BCUT2D eigenvalue weighted by Crippen LogP contribution is 2.37. The molecule has 0 amide bonds. The van der Waals surface area contributed by atoms with Gasteiger partial charge in [0.25, 0.3) is 0 Å². The Labute approximate surface area is 77.1 Å². The molecular weight excluding hydrogens is 168 g/mol. The zero-order valence-electron chi connectivity index (χ0n) is 7.32. The number of anilines is 1. The van der Waals surface area contributed by atoms with E-state index in [-0.39, 0.29) is 0 Å². The van der Waals surface area contributed by atoms with Crippen LogP contribution in [0.2, 0.25) is 0 Å². The number of nitrogens with zero attached hydrogens (tertiary/aromatic N) is 2. The van der Waals surface area contributed by atoms with Crippen LogP contribution in [0.5, 0.6) is 0 Å². The number of benzene rings is 1. The predicted octanol–water partition coefficient (Wildman–Crippen LogP) is 2.03. The molecule has 0 fully saturated rings. The average Bonchev–Trinajstić information content (AvgIpc) is 2.47. The summed E-state index contributed by atoms with van der Waals surface area (Å²) in [7, 11) is 4.14. The second kappa shape index (κ2) is 2.99. The van der Waals surface area contributed by atoms with Gasteiger partial charge in [-0.15, -0.1) is 11.8 Å². The Morgan fingerprint density at radius 1 is 1.33 bits per heavy atom. The normalized spacial score (nSPS) is 15.4. The van der Waals surface area contributed by atoms with Crippen LogP contribution in [0, 0.1) is 0 Å². The van der Waals surface area contributed by atoms with Crippen LogP contribution in [-0.2, 0) is 0 Å². The van der Waals surface area contributed by atoms with E-state index in [1.807, 2.05) is 11.8 Å². The van der Waals surface area contributed by atoms with E-state index >= 15 is 0 Å². The van der Waals surface area contributed by atoms with E-state index < -0.39 is 0 Å². The van der Waals surface area contributed by atoms with Crippen LogP contribution in [-0.4, -0.2) is 25.0 Å². The molecule has 2 rings (SSSR count). The molecule has 12 heavy (non-hydrogen) atoms. The molecule has 1 heterocycles. The molecule has 1 aliphatic rings. The molecule has 0 N–H and O–H groups in total. The first kappa shape index (κ1) is 7.95. The van der Waals surface area contributed by atoms with E-state index in [4.69, 9.17) is 0 Å². The maximum Gasteiger partial charge on any atom is 0.0848 e. The van der Waals surface area contributed by atoms with E-state index in [0.717, 1.165) is 5.88 Å². The lowest BCUT2D eigenvalue weighted by molar-refractivity contribution is 0.393. The molecular formula is C9H12N2S. The van der Waals surface area contributed by atoms with Gasteiger partial charge in [0.2, 0.25) is 0 Å². The minimum absolute atomic E-state index is 1.03. The number of thioether (sulfide) groups is 1. The van der Waals surface area contributed by atoms with Crippen molar-refractivity contribution >= 4 is 17.4 Å². The first-order valence-electron chi connectivity index (χ1n) is 3.95. The number of hydrogen-bond donors (Lipinski definition) is 0. The van der Waals surface area contributed by atoms with Gasteiger partial charge in [0.15, 0.2) is 0 Å². The Balaban J connectivity index is 2.36. The van der Waals surface area contributed by atoms with Crippen LogP contribution < -0.4 is 5.01 Å². The minimum atomic E-state index is 1.03. The second-order valence-corrected chi connectivity index (χ2v) is 3.97. The Hall–Kier alpha value is -0.670. The van der Waals surface area contributed by atoms with E-state index in [1.54, 1.807) is 0 Å². The third-order valence-electron chi connectivity index (χ3n) is 1.97. The first-order chi connectivity index (χ1) is 5.79. The smallest absolute Gasteiger partial charge is 0.0848 e. The molecule has 0 aromatic heterocycles. The van der Waals surface area contributed by atoms with E-state index in [1.165, 1.54) is 10.6 Å². The molecule has 0 unspecified atom stereocenters. The Morgan fingerprint density at radius 2 is 2.08 bits per heavy atom. The van der Waals surface area contributed by atoms with Crippen molar-refractivity contribution in [3.63, 3.8) is 0 Å². The molecule has 1 aromatic rings. The SMILES string of the molecule is CN(C)N1CSc2ccccc21. The van der Waals surface area contributed by atoms with E-state index in [9.17, 15) is 0 Å². The van der Waals surface area contributed by atoms with Crippen molar-refractivity contribution in [1.29, 1.82) is 0 Å². The van der Waals surface area contributed by atoms with Gasteiger partial charge in [-0.1, -0.05) is 12.1 Å². The summed E-state index contributed by atoms with van der Waals surface area (Å²) in [5, 5.41) is 4.39. The van der Waals surface area contributed by atoms with Gasteiger partial charge < -0.3 is 0 Å². The fourth-order valence-electron chi connectivity index (χ4n) is 1.32. The molecule has 3 heteroatoms. The highest BCUT2D eigenvalue weighted by atomic mass is 32.2. The third-order valence-corrected chi connectivity index (χ3v) is 3.00. The molecule has 1 aromatic carbocycles. The van der Waals surface area contributed by atoms with Crippen molar-refractivity contribution < 1.29 is 0 Å². The van der Waals surface area contributed by atoms with Gasteiger partial charge in [-0.05, 0) is 12.1 Å². The fourth-order valence-corrected chi connectivity index (χ4v) is 2.45. The quantitative estimate of drug-likeness (QED) is 0.653. The zero-order chi connectivity index (χ0) is 8.55. The summed E-state index contributed by atoms with van der Waals surface area (Å²) in [6.45, 7) is 0. The molecule has 0 aliphatic carbocycles. The summed E-state index contributed by atoms with van der Waals surface area (Å²) < 4.78 is 0. The molecule has 0 saturated carbocycles. The van der Waals surface area contributed by atoms with Gasteiger partial charge in [-0.25, -0.2) is 5.01 Å². The van der Waals surface area contributed by atoms with Crippen LogP contribution in [0.4, 0.5) is 5.69 Å². The fraction of sp³-hybridized carbons (Fsp3) is 0.333. The molecule has 0 atom stereocenters. The van der Waals surface area contributed by atoms with Crippen LogP contribution >= 0.6 is 11.8 Å².